The van der Waals surface area contributed by atoms with Gasteiger partial charge in [0.25, 0.3) is 0 Å². The first kappa shape index (κ1) is 9.72. The molecule has 76 valence electrons. The van der Waals surface area contributed by atoms with Crippen molar-refractivity contribution in [2.45, 2.75) is 6.92 Å². The molecule has 0 aliphatic heterocycles. The fraction of sp³-hybridized carbons (Fsp3) is 0.111. The number of aryl methyl sites for hydroxylation is 1. The molecule has 2 heterocycles. The summed E-state index contributed by atoms with van der Waals surface area (Å²) in [7, 11) is 0. The zero-order chi connectivity index (χ0) is 10.8. The number of hydrogen-bond acceptors (Lipinski definition) is 4. The molecule has 0 saturated heterocycles. The highest BCUT2D eigenvalue weighted by Crippen LogP contribution is 2.09. The lowest BCUT2D eigenvalue weighted by atomic mass is 10.4. The van der Waals surface area contributed by atoms with Gasteiger partial charge in [0, 0.05) is 24.8 Å². The molecule has 2 rings (SSSR count). The van der Waals surface area contributed by atoms with Gasteiger partial charge in [-0.15, -0.1) is 0 Å². The van der Waals surface area contributed by atoms with Crippen LogP contribution in [0, 0.1) is 6.92 Å². The molecule has 0 aromatic carbocycles. The van der Waals surface area contributed by atoms with E-state index in [1.54, 1.807) is 29.4 Å². The van der Waals surface area contributed by atoms with Crippen molar-refractivity contribution < 1.29 is 0 Å². The fourth-order valence-corrected chi connectivity index (χ4v) is 1.44. The summed E-state index contributed by atoms with van der Waals surface area (Å²) in [5.41, 5.74) is 6.35. The highest BCUT2D eigenvalue weighted by molar-refractivity contribution is 7.80. The molecule has 0 spiro atoms. The lowest BCUT2D eigenvalue weighted by molar-refractivity contribution is 0.930. The Morgan fingerprint density at radius 3 is 2.67 bits per heavy atom. The summed E-state index contributed by atoms with van der Waals surface area (Å²) in [6.45, 7) is 1.87. The predicted molar refractivity (Wildman–Crippen MR) is 59.8 cm³/mol. The molecule has 0 atom stereocenters. The minimum absolute atomic E-state index is 0.241. The van der Waals surface area contributed by atoms with Crippen molar-refractivity contribution in [2.24, 2.45) is 5.73 Å². The smallest absolute Gasteiger partial charge is 0.173 e. The minimum atomic E-state index is 0.241. The predicted octanol–water partition coefficient (Wildman–Crippen LogP) is 0.605. The summed E-state index contributed by atoms with van der Waals surface area (Å²) >= 11 is 4.89. The van der Waals surface area contributed by atoms with Gasteiger partial charge in [-0.25, -0.2) is 9.97 Å². The Bertz CT molecular complexity index is 505. The monoisotopic (exact) mass is 219 g/mol. The van der Waals surface area contributed by atoms with Crippen molar-refractivity contribution in [2.75, 3.05) is 0 Å². The molecule has 5 nitrogen and oxygen atoms in total. The first-order valence-corrected chi connectivity index (χ1v) is 4.72. The zero-order valence-corrected chi connectivity index (χ0v) is 8.90. The molecule has 2 N–H and O–H groups in total. The van der Waals surface area contributed by atoms with E-state index in [1.807, 2.05) is 6.92 Å². The van der Waals surface area contributed by atoms with Gasteiger partial charge < -0.3 is 5.73 Å². The quantitative estimate of drug-likeness (QED) is 0.749. The molecular weight excluding hydrogens is 210 g/mol. The van der Waals surface area contributed by atoms with Gasteiger partial charge in [-0.3, -0.25) is 9.55 Å². The molecule has 0 amide bonds. The third-order valence-corrected chi connectivity index (χ3v) is 2.13. The number of thiocarbonyl (C=S) groups is 1. The maximum absolute atomic E-state index is 5.55. The molecule has 0 unspecified atom stereocenters. The van der Waals surface area contributed by atoms with E-state index in [2.05, 4.69) is 15.0 Å². The second kappa shape index (κ2) is 3.74. The van der Waals surface area contributed by atoms with Crippen molar-refractivity contribution in [1.29, 1.82) is 0 Å². The third-order valence-electron chi connectivity index (χ3n) is 1.94. The van der Waals surface area contributed by atoms with Crippen molar-refractivity contribution >= 4 is 17.2 Å². The first-order valence-electron chi connectivity index (χ1n) is 4.31. The molecule has 0 radical (unpaired) electrons. The Balaban J connectivity index is 2.59. The van der Waals surface area contributed by atoms with Crippen LogP contribution in [-0.2, 0) is 0 Å². The lowest BCUT2D eigenvalue weighted by Crippen LogP contribution is -2.17. The second-order valence-corrected chi connectivity index (χ2v) is 3.39. The van der Waals surface area contributed by atoms with Gasteiger partial charge in [-0.05, 0) is 6.92 Å². The summed E-state index contributed by atoms with van der Waals surface area (Å²) in [6.07, 6.45) is 6.63. The molecule has 0 bridgehead atoms. The number of aromatic nitrogens is 4. The van der Waals surface area contributed by atoms with Gasteiger partial charge in [-0.2, -0.15) is 0 Å². The zero-order valence-electron chi connectivity index (χ0n) is 8.08. The standard InChI is InChI=1S/C9H9N5S/c1-6-8(12-3-2-11-6)14-5-4-13-9(14)7(10)15/h2-5H,1H3,(H2,10,15). The molecule has 2 aromatic rings. The van der Waals surface area contributed by atoms with Gasteiger partial charge >= 0.3 is 0 Å². The molecule has 0 aliphatic rings. The number of nitrogens with two attached hydrogens (primary N) is 1. The Morgan fingerprint density at radius 1 is 1.27 bits per heavy atom. The SMILES string of the molecule is Cc1nccnc1-n1ccnc1C(N)=S. The molecule has 0 saturated carbocycles. The van der Waals surface area contributed by atoms with E-state index in [1.165, 1.54) is 0 Å². The maximum atomic E-state index is 5.55. The van der Waals surface area contributed by atoms with Crippen molar-refractivity contribution in [1.82, 2.24) is 19.5 Å². The van der Waals surface area contributed by atoms with E-state index in [0.717, 1.165) is 5.69 Å². The van der Waals surface area contributed by atoms with E-state index >= 15 is 0 Å². The summed E-state index contributed by atoms with van der Waals surface area (Å²) in [5, 5.41) is 0. The molecular formula is C9H9N5S. The van der Waals surface area contributed by atoms with Crippen LogP contribution in [0.15, 0.2) is 24.8 Å². The highest BCUT2D eigenvalue weighted by Gasteiger charge is 2.10. The molecule has 0 fully saturated rings. The van der Waals surface area contributed by atoms with E-state index < -0.39 is 0 Å². The maximum Gasteiger partial charge on any atom is 0.173 e. The van der Waals surface area contributed by atoms with E-state index in [9.17, 15) is 0 Å². The second-order valence-electron chi connectivity index (χ2n) is 2.95. The Kier molecular flexibility index (Phi) is 2.42. The summed E-state index contributed by atoms with van der Waals surface area (Å²) in [4.78, 5) is 12.7. The van der Waals surface area contributed by atoms with Gasteiger partial charge in [0.15, 0.2) is 11.6 Å². The van der Waals surface area contributed by atoms with Crippen molar-refractivity contribution in [3.63, 3.8) is 0 Å². The van der Waals surface area contributed by atoms with Crippen LogP contribution in [0.4, 0.5) is 0 Å². The van der Waals surface area contributed by atoms with E-state index in [4.69, 9.17) is 18.0 Å². The van der Waals surface area contributed by atoms with Crippen LogP contribution in [0.1, 0.15) is 11.5 Å². The van der Waals surface area contributed by atoms with E-state index in [0.29, 0.717) is 11.6 Å². The number of nitrogens with zero attached hydrogens (tertiary/aromatic N) is 4. The molecule has 6 heteroatoms. The Morgan fingerprint density at radius 2 is 2.00 bits per heavy atom. The molecule has 2 aromatic heterocycles. The van der Waals surface area contributed by atoms with Crippen LogP contribution in [0.5, 0.6) is 0 Å². The number of imidazole rings is 1. The van der Waals surface area contributed by atoms with E-state index in [-0.39, 0.29) is 4.99 Å². The van der Waals surface area contributed by atoms with Gasteiger partial charge in [0.1, 0.15) is 4.99 Å². The van der Waals surface area contributed by atoms with Crippen molar-refractivity contribution in [3.05, 3.63) is 36.3 Å². The number of rotatable bonds is 2. The third kappa shape index (κ3) is 1.71. The average molecular weight is 219 g/mol. The largest absolute Gasteiger partial charge is 0.387 e. The molecule has 15 heavy (non-hydrogen) atoms. The van der Waals surface area contributed by atoms with Gasteiger partial charge in [0.05, 0.1) is 5.69 Å². The summed E-state index contributed by atoms with van der Waals surface area (Å²) in [5.74, 6) is 1.21. The van der Waals surface area contributed by atoms with Crippen LogP contribution >= 0.6 is 12.2 Å². The van der Waals surface area contributed by atoms with Gasteiger partial charge in [0.2, 0.25) is 0 Å². The van der Waals surface area contributed by atoms with Gasteiger partial charge in [-0.1, -0.05) is 12.2 Å². The molecule has 0 aliphatic carbocycles. The first-order chi connectivity index (χ1) is 7.20. The van der Waals surface area contributed by atoms with Crippen LogP contribution in [0.3, 0.4) is 0 Å². The Hall–Kier alpha value is -1.82. The fourth-order valence-electron chi connectivity index (χ4n) is 1.29. The Labute approximate surface area is 92.0 Å². The van der Waals surface area contributed by atoms with Crippen molar-refractivity contribution in [3.8, 4) is 5.82 Å². The summed E-state index contributed by atoms with van der Waals surface area (Å²) < 4.78 is 1.73. The highest BCUT2D eigenvalue weighted by atomic mass is 32.1. The van der Waals surface area contributed by atoms with Crippen LogP contribution in [0.2, 0.25) is 0 Å². The minimum Gasteiger partial charge on any atom is -0.387 e. The van der Waals surface area contributed by atoms with Crippen LogP contribution < -0.4 is 5.73 Å². The average Bonchev–Trinajstić information content (AvgIpc) is 2.67. The van der Waals surface area contributed by atoms with Crippen LogP contribution in [0.25, 0.3) is 5.82 Å². The lowest BCUT2D eigenvalue weighted by Gasteiger charge is -2.06. The topological polar surface area (TPSA) is 69.6 Å². The summed E-state index contributed by atoms with van der Waals surface area (Å²) in [6, 6.07) is 0. The normalized spacial score (nSPS) is 10.2. The van der Waals surface area contributed by atoms with Crippen LogP contribution in [-0.4, -0.2) is 24.5 Å². The number of hydrogen-bond donors (Lipinski definition) is 1.